The first-order valence-corrected chi connectivity index (χ1v) is 8.51. The molecule has 0 aliphatic rings. The summed E-state index contributed by atoms with van der Waals surface area (Å²) in [5.74, 6) is 0.177. The molecule has 0 bridgehead atoms. The number of hydrogen-bond acceptors (Lipinski definition) is 2. The predicted octanol–water partition coefficient (Wildman–Crippen LogP) is 5.41. The van der Waals surface area contributed by atoms with Gasteiger partial charge in [-0.1, -0.05) is 38.1 Å². The highest BCUT2D eigenvalue weighted by molar-refractivity contribution is 5.95. The van der Waals surface area contributed by atoms with E-state index < -0.39 is 12.6 Å². The second-order valence-corrected chi connectivity index (χ2v) is 6.14. The number of nitrogens with zero attached hydrogens (tertiary/aromatic N) is 1. The number of nitrogens with one attached hydrogen (secondary N) is 1. The molecule has 0 fully saturated rings. The van der Waals surface area contributed by atoms with Crippen LogP contribution in [-0.2, 0) is 0 Å². The van der Waals surface area contributed by atoms with E-state index in [1.54, 1.807) is 31.2 Å². The first-order chi connectivity index (χ1) is 12.2. The van der Waals surface area contributed by atoms with Crippen molar-refractivity contribution in [2.75, 3.05) is 6.54 Å². The van der Waals surface area contributed by atoms with Gasteiger partial charge in [-0.3, -0.25) is 9.79 Å². The zero-order valence-corrected chi connectivity index (χ0v) is 15.3. The van der Waals surface area contributed by atoms with Crippen molar-refractivity contribution >= 4 is 12.1 Å². The molecule has 1 aromatic rings. The van der Waals surface area contributed by atoms with Gasteiger partial charge in [-0.15, -0.1) is 0 Å². The standard InChI is InChI=1S/C20H25F3N2O/c1-4-5-16(10-11-20(21,22)23)14-24-12-13-25-19(26)18-8-6-17(7-9-18)15(2)3/h4-9,12,14-15H,10-11,13H2,1-3H3,(H,25,26)/b5-4-,16-14+,24-12?. The van der Waals surface area contributed by atoms with Crippen LogP contribution >= 0.6 is 0 Å². The molecule has 0 aromatic heterocycles. The van der Waals surface area contributed by atoms with Crippen molar-refractivity contribution in [2.45, 2.75) is 45.7 Å². The number of rotatable bonds is 8. The highest BCUT2D eigenvalue weighted by atomic mass is 19.4. The number of allylic oxidation sites excluding steroid dienone is 3. The molecule has 26 heavy (non-hydrogen) atoms. The summed E-state index contributed by atoms with van der Waals surface area (Å²) < 4.78 is 36.8. The van der Waals surface area contributed by atoms with E-state index in [0.29, 0.717) is 17.1 Å². The molecule has 0 heterocycles. The maximum atomic E-state index is 12.3. The third-order valence-corrected chi connectivity index (χ3v) is 3.62. The number of hydrogen-bond donors (Lipinski definition) is 1. The van der Waals surface area contributed by atoms with Gasteiger partial charge in [0.25, 0.3) is 5.91 Å². The molecule has 3 nitrogen and oxygen atoms in total. The molecule has 0 saturated heterocycles. The largest absolute Gasteiger partial charge is 0.389 e. The molecule has 1 aromatic carbocycles. The second-order valence-electron chi connectivity index (χ2n) is 6.14. The monoisotopic (exact) mass is 366 g/mol. The summed E-state index contributed by atoms with van der Waals surface area (Å²) in [5.41, 5.74) is 2.19. The van der Waals surface area contributed by atoms with Crippen LogP contribution in [0.2, 0.25) is 0 Å². The van der Waals surface area contributed by atoms with Crippen molar-refractivity contribution in [3.63, 3.8) is 0 Å². The van der Waals surface area contributed by atoms with Crippen LogP contribution in [0.1, 0.15) is 55.5 Å². The molecule has 0 radical (unpaired) electrons. The maximum absolute atomic E-state index is 12.3. The Balaban J connectivity index is 2.52. The van der Waals surface area contributed by atoms with Gasteiger partial charge >= 0.3 is 6.18 Å². The highest BCUT2D eigenvalue weighted by Gasteiger charge is 2.26. The third kappa shape index (κ3) is 8.65. The normalized spacial score (nSPS) is 13.1. The van der Waals surface area contributed by atoms with Crippen LogP contribution in [0.4, 0.5) is 13.2 Å². The Kier molecular flexibility index (Phi) is 8.82. The Hall–Kier alpha value is -2.37. The summed E-state index contributed by atoms with van der Waals surface area (Å²) in [6.45, 7) is 6.09. The lowest BCUT2D eigenvalue weighted by atomic mass is 10.0. The van der Waals surface area contributed by atoms with E-state index in [9.17, 15) is 18.0 Å². The molecule has 0 spiro atoms. The maximum Gasteiger partial charge on any atom is 0.389 e. The van der Waals surface area contributed by atoms with E-state index in [0.717, 1.165) is 5.56 Å². The lowest BCUT2D eigenvalue weighted by Gasteiger charge is -2.07. The molecule has 1 N–H and O–H groups in total. The van der Waals surface area contributed by atoms with Crippen molar-refractivity contribution < 1.29 is 18.0 Å². The van der Waals surface area contributed by atoms with Crippen molar-refractivity contribution in [3.8, 4) is 0 Å². The fraction of sp³-hybridized carbons (Fsp3) is 0.400. The van der Waals surface area contributed by atoms with Crippen LogP contribution in [0, 0.1) is 0 Å². The van der Waals surface area contributed by atoms with Gasteiger partial charge in [-0.25, -0.2) is 0 Å². The Morgan fingerprint density at radius 1 is 1.23 bits per heavy atom. The number of alkyl halides is 3. The molecule has 0 aliphatic heterocycles. The molecular weight excluding hydrogens is 341 g/mol. The van der Waals surface area contributed by atoms with Crippen LogP contribution in [0.15, 0.2) is 53.2 Å². The fourth-order valence-corrected chi connectivity index (χ4v) is 2.15. The molecule has 0 unspecified atom stereocenters. The predicted molar refractivity (Wildman–Crippen MR) is 99.5 cm³/mol. The van der Waals surface area contributed by atoms with Crippen LogP contribution in [0.3, 0.4) is 0 Å². The van der Waals surface area contributed by atoms with E-state index >= 15 is 0 Å². The van der Waals surface area contributed by atoms with Crippen molar-refractivity contribution in [2.24, 2.45) is 4.99 Å². The van der Waals surface area contributed by atoms with Gasteiger partial charge in [-0.2, -0.15) is 13.2 Å². The summed E-state index contributed by atoms with van der Waals surface area (Å²) in [6, 6.07) is 7.37. The summed E-state index contributed by atoms with van der Waals surface area (Å²) in [7, 11) is 0. The molecule has 1 rings (SSSR count). The fourth-order valence-electron chi connectivity index (χ4n) is 2.15. The van der Waals surface area contributed by atoms with Crippen molar-refractivity contribution in [3.05, 3.63) is 59.3 Å². The van der Waals surface area contributed by atoms with Gasteiger partial charge in [0.05, 0.1) is 6.54 Å². The Bertz CT molecular complexity index is 657. The molecule has 6 heteroatoms. The van der Waals surface area contributed by atoms with E-state index in [-0.39, 0.29) is 18.9 Å². The summed E-state index contributed by atoms with van der Waals surface area (Å²) in [6.07, 6.45) is 0.899. The van der Waals surface area contributed by atoms with Crippen molar-refractivity contribution in [1.82, 2.24) is 5.32 Å². The van der Waals surface area contributed by atoms with E-state index in [2.05, 4.69) is 24.2 Å². The molecular formula is C20H25F3N2O. The molecule has 0 atom stereocenters. The summed E-state index contributed by atoms with van der Waals surface area (Å²) >= 11 is 0. The van der Waals surface area contributed by atoms with Gasteiger partial charge in [0.1, 0.15) is 0 Å². The van der Waals surface area contributed by atoms with Gasteiger partial charge in [0.2, 0.25) is 0 Å². The Labute approximate surface area is 152 Å². The molecule has 0 saturated carbocycles. The number of amides is 1. The SMILES string of the molecule is C/C=C\C(=C/N=CCNC(=O)c1ccc(C(C)C)cc1)CCC(F)(F)F. The second kappa shape index (κ2) is 10.6. The van der Waals surface area contributed by atoms with Crippen LogP contribution in [0.25, 0.3) is 0 Å². The van der Waals surface area contributed by atoms with Gasteiger partial charge in [0, 0.05) is 24.4 Å². The number of aliphatic imine (C=N–C) groups is 1. The zero-order chi connectivity index (χ0) is 19.6. The van der Waals surface area contributed by atoms with Crippen molar-refractivity contribution in [1.29, 1.82) is 0 Å². The lowest BCUT2D eigenvalue weighted by molar-refractivity contribution is -0.133. The number of carbonyl (C=O) groups excluding carboxylic acids is 1. The third-order valence-electron chi connectivity index (χ3n) is 3.62. The van der Waals surface area contributed by atoms with Crippen LogP contribution < -0.4 is 5.32 Å². The first-order valence-electron chi connectivity index (χ1n) is 8.51. The molecule has 0 aliphatic carbocycles. The van der Waals surface area contributed by atoms with Gasteiger partial charge in [0.15, 0.2) is 0 Å². The van der Waals surface area contributed by atoms with Crippen LogP contribution in [-0.4, -0.2) is 24.8 Å². The molecule has 1 amide bonds. The minimum Gasteiger partial charge on any atom is -0.347 e. The smallest absolute Gasteiger partial charge is 0.347 e. The van der Waals surface area contributed by atoms with Crippen LogP contribution in [0.5, 0.6) is 0 Å². The number of carbonyl (C=O) groups is 1. The Morgan fingerprint density at radius 2 is 1.88 bits per heavy atom. The molecule has 142 valence electrons. The van der Waals surface area contributed by atoms with Gasteiger partial charge in [-0.05, 0) is 42.5 Å². The zero-order valence-electron chi connectivity index (χ0n) is 15.3. The topological polar surface area (TPSA) is 41.5 Å². The quantitative estimate of drug-likeness (QED) is 0.485. The van der Waals surface area contributed by atoms with E-state index in [4.69, 9.17) is 0 Å². The lowest BCUT2D eigenvalue weighted by Crippen LogP contribution is -2.25. The average molecular weight is 366 g/mol. The van der Waals surface area contributed by atoms with Gasteiger partial charge < -0.3 is 5.32 Å². The van der Waals surface area contributed by atoms with E-state index in [1.165, 1.54) is 12.4 Å². The summed E-state index contributed by atoms with van der Waals surface area (Å²) in [4.78, 5) is 16.0. The Morgan fingerprint density at radius 3 is 2.42 bits per heavy atom. The minimum atomic E-state index is -4.19. The number of benzene rings is 1. The van der Waals surface area contributed by atoms with E-state index in [1.807, 2.05) is 12.1 Å². The first kappa shape index (κ1) is 21.7. The minimum absolute atomic E-state index is 0.125. The highest BCUT2D eigenvalue weighted by Crippen LogP contribution is 2.24. The summed E-state index contributed by atoms with van der Waals surface area (Å²) in [5, 5.41) is 2.69. The average Bonchev–Trinajstić information content (AvgIpc) is 2.58. The number of halogens is 3.